The number of rotatable bonds is 5. The molecule has 122 valence electrons. The van der Waals surface area contributed by atoms with Crippen LogP contribution < -0.4 is 5.32 Å². The van der Waals surface area contributed by atoms with Crippen molar-refractivity contribution in [2.24, 2.45) is 22.7 Å². The molecule has 2 atom stereocenters. The summed E-state index contributed by atoms with van der Waals surface area (Å²) in [4.78, 5) is 9.83. The Kier molecular flexibility index (Phi) is 6.34. The summed E-state index contributed by atoms with van der Waals surface area (Å²) in [5.74, 6) is 3.56. The van der Waals surface area contributed by atoms with E-state index in [2.05, 4.69) is 42.9 Å². The Balaban J connectivity index is 1.86. The molecule has 1 N–H and O–H groups in total. The first-order valence-electron chi connectivity index (χ1n) is 8.80. The minimum atomic E-state index is 0.748. The van der Waals surface area contributed by atoms with Crippen LogP contribution in [-0.4, -0.2) is 62.1 Å². The summed E-state index contributed by atoms with van der Waals surface area (Å²) in [5, 5.41) is 3.50. The van der Waals surface area contributed by atoms with Gasteiger partial charge in [-0.2, -0.15) is 0 Å². The van der Waals surface area contributed by atoms with Crippen molar-refractivity contribution >= 4 is 5.96 Å². The van der Waals surface area contributed by atoms with Gasteiger partial charge in [-0.1, -0.05) is 13.8 Å². The Morgan fingerprint density at radius 2 is 1.95 bits per heavy atom. The Hall–Kier alpha value is -0.770. The third kappa shape index (κ3) is 5.17. The van der Waals surface area contributed by atoms with E-state index in [-0.39, 0.29) is 0 Å². The topological polar surface area (TPSA) is 30.9 Å². The zero-order valence-corrected chi connectivity index (χ0v) is 14.4. The fourth-order valence-corrected chi connectivity index (χ4v) is 3.70. The number of hydrogen-bond donors (Lipinski definition) is 1. The van der Waals surface area contributed by atoms with Crippen LogP contribution in [0.3, 0.4) is 0 Å². The molecule has 0 saturated carbocycles. The summed E-state index contributed by atoms with van der Waals surface area (Å²) in [6.45, 7) is 13.6. The smallest absolute Gasteiger partial charge is 0.193 e. The summed E-state index contributed by atoms with van der Waals surface area (Å²) in [7, 11) is 2.21. The van der Waals surface area contributed by atoms with Crippen molar-refractivity contribution < 1.29 is 0 Å². The molecule has 0 aliphatic carbocycles. The van der Waals surface area contributed by atoms with Crippen LogP contribution >= 0.6 is 0 Å². The third-order valence-electron chi connectivity index (χ3n) is 4.71. The number of aliphatic imine (C=N–C) groups is 1. The Labute approximate surface area is 131 Å². The zero-order chi connectivity index (χ0) is 15.2. The van der Waals surface area contributed by atoms with Gasteiger partial charge in [0.05, 0.1) is 0 Å². The van der Waals surface area contributed by atoms with Crippen molar-refractivity contribution in [3.8, 4) is 0 Å². The molecule has 0 spiro atoms. The van der Waals surface area contributed by atoms with Crippen LogP contribution in [0.2, 0.25) is 0 Å². The van der Waals surface area contributed by atoms with Crippen LogP contribution in [0.25, 0.3) is 0 Å². The quantitative estimate of drug-likeness (QED) is 0.623. The summed E-state index contributed by atoms with van der Waals surface area (Å²) < 4.78 is 0. The van der Waals surface area contributed by atoms with E-state index in [0.29, 0.717) is 0 Å². The highest BCUT2D eigenvalue weighted by atomic mass is 15.3. The largest absolute Gasteiger partial charge is 0.357 e. The SMILES string of the molecule is CCNC(=NCC1CCN(C)C1)N1CCC(CC(C)C)C1. The molecule has 2 rings (SSSR count). The molecule has 0 aromatic rings. The average Bonchev–Trinajstić information content (AvgIpc) is 3.03. The summed E-state index contributed by atoms with van der Waals surface area (Å²) >= 11 is 0. The van der Waals surface area contributed by atoms with Gasteiger partial charge in [0.2, 0.25) is 0 Å². The third-order valence-corrected chi connectivity index (χ3v) is 4.71. The molecule has 0 radical (unpaired) electrons. The van der Waals surface area contributed by atoms with E-state index in [4.69, 9.17) is 4.99 Å². The second kappa shape index (κ2) is 8.02. The van der Waals surface area contributed by atoms with E-state index in [1.165, 1.54) is 45.4 Å². The van der Waals surface area contributed by atoms with Gasteiger partial charge < -0.3 is 15.1 Å². The van der Waals surface area contributed by atoms with Gasteiger partial charge in [0.25, 0.3) is 0 Å². The molecule has 0 aromatic heterocycles. The van der Waals surface area contributed by atoms with Crippen molar-refractivity contribution in [2.75, 3.05) is 46.3 Å². The van der Waals surface area contributed by atoms with Crippen molar-refractivity contribution in [1.82, 2.24) is 15.1 Å². The van der Waals surface area contributed by atoms with Gasteiger partial charge in [-0.25, -0.2) is 0 Å². The van der Waals surface area contributed by atoms with E-state index in [1.807, 2.05) is 0 Å². The molecule has 2 unspecified atom stereocenters. The summed E-state index contributed by atoms with van der Waals surface area (Å²) in [5.41, 5.74) is 0. The van der Waals surface area contributed by atoms with Crippen LogP contribution in [-0.2, 0) is 0 Å². The molecule has 0 amide bonds. The maximum Gasteiger partial charge on any atom is 0.193 e. The maximum atomic E-state index is 4.93. The fraction of sp³-hybridized carbons (Fsp3) is 0.941. The second-order valence-corrected chi connectivity index (χ2v) is 7.34. The van der Waals surface area contributed by atoms with E-state index in [1.54, 1.807) is 0 Å². The molecule has 0 aromatic carbocycles. The molecule has 2 aliphatic heterocycles. The zero-order valence-electron chi connectivity index (χ0n) is 14.4. The Morgan fingerprint density at radius 1 is 1.19 bits per heavy atom. The number of hydrogen-bond acceptors (Lipinski definition) is 2. The number of nitrogens with zero attached hydrogens (tertiary/aromatic N) is 3. The molecular weight excluding hydrogens is 260 g/mol. The van der Waals surface area contributed by atoms with E-state index in [0.717, 1.165) is 36.8 Å². The minimum Gasteiger partial charge on any atom is -0.357 e. The summed E-state index contributed by atoms with van der Waals surface area (Å²) in [6, 6.07) is 0. The second-order valence-electron chi connectivity index (χ2n) is 7.34. The minimum absolute atomic E-state index is 0.748. The van der Waals surface area contributed by atoms with Crippen LogP contribution in [0.15, 0.2) is 4.99 Å². The highest BCUT2D eigenvalue weighted by Gasteiger charge is 2.26. The van der Waals surface area contributed by atoms with Gasteiger partial charge in [0, 0.05) is 32.7 Å². The Bertz CT molecular complexity index is 340. The first-order valence-corrected chi connectivity index (χ1v) is 8.80. The lowest BCUT2D eigenvalue weighted by Crippen LogP contribution is -2.40. The lowest BCUT2D eigenvalue weighted by Gasteiger charge is -2.22. The average molecular weight is 294 g/mol. The van der Waals surface area contributed by atoms with Crippen LogP contribution in [0.5, 0.6) is 0 Å². The van der Waals surface area contributed by atoms with Gasteiger partial charge in [0.1, 0.15) is 0 Å². The summed E-state index contributed by atoms with van der Waals surface area (Å²) in [6.07, 6.45) is 3.98. The maximum absolute atomic E-state index is 4.93. The molecule has 2 heterocycles. The van der Waals surface area contributed by atoms with Gasteiger partial charge in [-0.05, 0) is 57.5 Å². The molecule has 4 nitrogen and oxygen atoms in total. The van der Waals surface area contributed by atoms with Crippen molar-refractivity contribution in [2.45, 2.75) is 40.0 Å². The highest BCUT2D eigenvalue weighted by molar-refractivity contribution is 5.80. The van der Waals surface area contributed by atoms with Crippen molar-refractivity contribution in [3.63, 3.8) is 0 Å². The standard InChI is InChI=1S/C17H34N4/c1-5-18-17(19-11-16-6-8-20(4)12-16)21-9-7-15(13-21)10-14(2)3/h14-16H,5-13H2,1-4H3,(H,18,19). The molecule has 21 heavy (non-hydrogen) atoms. The van der Waals surface area contributed by atoms with Crippen LogP contribution in [0.4, 0.5) is 0 Å². The molecule has 2 aliphatic rings. The van der Waals surface area contributed by atoms with E-state index < -0.39 is 0 Å². The first kappa shape index (κ1) is 16.6. The normalized spacial score (nSPS) is 27.9. The van der Waals surface area contributed by atoms with E-state index >= 15 is 0 Å². The molecule has 2 fully saturated rings. The molecular formula is C17H34N4. The van der Waals surface area contributed by atoms with Crippen LogP contribution in [0.1, 0.15) is 40.0 Å². The Morgan fingerprint density at radius 3 is 2.57 bits per heavy atom. The number of nitrogens with one attached hydrogen (secondary N) is 1. The van der Waals surface area contributed by atoms with Crippen molar-refractivity contribution in [1.29, 1.82) is 0 Å². The van der Waals surface area contributed by atoms with Gasteiger partial charge >= 0.3 is 0 Å². The molecule has 4 heteroatoms. The fourth-order valence-electron chi connectivity index (χ4n) is 3.70. The molecule has 2 saturated heterocycles. The first-order chi connectivity index (χ1) is 10.1. The highest BCUT2D eigenvalue weighted by Crippen LogP contribution is 2.23. The lowest BCUT2D eigenvalue weighted by molar-refractivity contribution is 0.393. The van der Waals surface area contributed by atoms with Gasteiger partial charge in [-0.3, -0.25) is 4.99 Å². The monoisotopic (exact) mass is 294 g/mol. The van der Waals surface area contributed by atoms with Gasteiger partial charge in [-0.15, -0.1) is 0 Å². The lowest BCUT2D eigenvalue weighted by atomic mass is 9.97. The predicted molar refractivity (Wildman–Crippen MR) is 90.7 cm³/mol. The van der Waals surface area contributed by atoms with E-state index in [9.17, 15) is 0 Å². The molecule has 0 bridgehead atoms. The van der Waals surface area contributed by atoms with Crippen LogP contribution in [0, 0.1) is 17.8 Å². The van der Waals surface area contributed by atoms with Crippen molar-refractivity contribution in [3.05, 3.63) is 0 Å². The van der Waals surface area contributed by atoms with Gasteiger partial charge in [0.15, 0.2) is 5.96 Å². The number of likely N-dealkylation sites (tertiary alicyclic amines) is 2. The number of guanidine groups is 1. The predicted octanol–water partition coefficient (Wildman–Crippen LogP) is 2.27.